The molecule has 4 rings (SSSR count). The van der Waals surface area contributed by atoms with Gasteiger partial charge in [-0.3, -0.25) is 4.79 Å². The highest BCUT2D eigenvalue weighted by Gasteiger charge is 2.40. The van der Waals surface area contributed by atoms with E-state index in [9.17, 15) is 13.2 Å². The highest BCUT2D eigenvalue weighted by molar-refractivity contribution is 7.90. The number of sulfonamides is 1. The number of amides is 1. The van der Waals surface area contributed by atoms with Gasteiger partial charge in [0, 0.05) is 17.8 Å². The van der Waals surface area contributed by atoms with Crippen molar-refractivity contribution in [1.29, 1.82) is 0 Å². The Hall–Kier alpha value is -2.19. The van der Waals surface area contributed by atoms with Gasteiger partial charge in [-0.25, -0.2) is 14.7 Å². The van der Waals surface area contributed by atoms with Gasteiger partial charge >= 0.3 is 0 Å². The van der Waals surface area contributed by atoms with Gasteiger partial charge in [-0.05, 0) is 69.7 Å². The van der Waals surface area contributed by atoms with Crippen LogP contribution in [0.5, 0.6) is 0 Å². The molecule has 1 amide bonds. The van der Waals surface area contributed by atoms with Gasteiger partial charge in [0.25, 0.3) is 15.9 Å². The zero-order chi connectivity index (χ0) is 21.5. The molecule has 7 nitrogen and oxygen atoms in total. The normalized spacial score (nSPS) is 23.1. The zero-order valence-electron chi connectivity index (χ0n) is 17.1. The van der Waals surface area contributed by atoms with E-state index in [0.717, 1.165) is 32.2 Å². The van der Waals surface area contributed by atoms with Crippen LogP contribution in [0.4, 0.5) is 5.82 Å². The first kappa shape index (κ1) is 21.1. The molecule has 160 valence electrons. The van der Waals surface area contributed by atoms with Crippen LogP contribution in [0.3, 0.4) is 0 Å². The molecular formula is C21H25ClN4O3S. The minimum atomic E-state index is -4.11. The number of aryl methyl sites for hydroxylation is 1. The Labute approximate surface area is 181 Å². The molecule has 0 aromatic carbocycles. The topological polar surface area (TPSA) is 92.3 Å². The highest BCUT2D eigenvalue weighted by Crippen LogP contribution is 2.40. The summed E-state index contributed by atoms with van der Waals surface area (Å²) in [7, 11) is -4.11. The van der Waals surface area contributed by atoms with Crippen molar-refractivity contribution in [2.75, 3.05) is 11.4 Å². The smallest absolute Gasteiger partial charge is 0.281 e. The van der Waals surface area contributed by atoms with Crippen LogP contribution in [-0.2, 0) is 16.4 Å². The monoisotopic (exact) mass is 448 g/mol. The maximum atomic E-state index is 13.0. The molecule has 1 saturated heterocycles. The number of halogens is 1. The Balaban J connectivity index is 1.80. The van der Waals surface area contributed by atoms with Gasteiger partial charge in [0.15, 0.2) is 5.03 Å². The van der Waals surface area contributed by atoms with Crippen molar-refractivity contribution in [3.8, 4) is 0 Å². The van der Waals surface area contributed by atoms with E-state index in [4.69, 9.17) is 11.6 Å². The van der Waals surface area contributed by atoms with Crippen molar-refractivity contribution in [2.45, 2.75) is 56.5 Å². The number of hydrogen-bond acceptors (Lipinski definition) is 6. The van der Waals surface area contributed by atoms with Crippen LogP contribution in [0.1, 0.15) is 55.6 Å². The van der Waals surface area contributed by atoms with E-state index in [1.165, 1.54) is 18.2 Å². The summed E-state index contributed by atoms with van der Waals surface area (Å²) in [5.41, 5.74) is 0.671. The van der Waals surface area contributed by atoms with Gasteiger partial charge in [0.2, 0.25) is 0 Å². The minimum Gasteiger partial charge on any atom is -0.350 e. The Kier molecular flexibility index (Phi) is 5.48. The first-order chi connectivity index (χ1) is 14.2. The summed E-state index contributed by atoms with van der Waals surface area (Å²) in [6, 6.07) is 7.90. The molecule has 2 aromatic rings. The maximum Gasteiger partial charge on any atom is 0.281 e. The largest absolute Gasteiger partial charge is 0.350 e. The molecule has 4 bridgehead atoms. The molecule has 0 spiro atoms. The molecule has 0 saturated carbocycles. The maximum absolute atomic E-state index is 13.0. The third kappa shape index (κ3) is 4.16. The number of nitrogens with zero attached hydrogens (tertiary/aromatic N) is 3. The molecule has 30 heavy (non-hydrogen) atoms. The average molecular weight is 449 g/mol. The number of fused-ring (bicyclic) bond motifs is 6. The van der Waals surface area contributed by atoms with Crippen molar-refractivity contribution in [3.05, 3.63) is 46.7 Å². The van der Waals surface area contributed by atoms with E-state index in [0.29, 0.717) is 23.9 Å². The molecule has 2 aromatic heterocycles. The number of nitrogens with one attached hydrogen (secondary N) is 1. The molecule has 0 unspecified atom stereocenters. The van der Waals surface area contributed by atoms with Crippen LogP contribution >= 0.6 is 11.6 Å². The van der Waals surface area contributed by atoms with E-state index >= 15 is 0 Å². The summed E-state index contributed by atoms with van der Waals surface area (Å²) in [6.45, 7) is 4.98. The average Bonchev–Trinajstić information content (AvgIpc) is 2.98. The molecule has 2 aliphatic heterocycles. The molecule has 0 radical (unpaired) electrons. The molecule has 1 atom stereocenters. The van der Waals surface area contributed by atoms with Gasteiger partial charge in [0.05, 0.1) is 5.56 Å². The standard InChI is InChI=1S/C21H25ClN4O3S/c1-21(2)12-14-6-3-4-7-15-8-5-9-18(23-15)30(28,29)25-20(27)16-10-11-17(22)24-19(16)26(21)13-14/h5,8-11,14H,3-4,6-7,12-13H2,1-2H3,(H,25,27)/t14-/m0/s1. The van der Waals surface area contributed by atoms with Gasteiger partial charge in [-0.2, -0.15) is 8.42 Å². The van der Waals surface area contributed by atoms with Crippen molar-refractivity contribution in [2.24, 2.45) is 5.92 Å². The van der Waals surface area contributed by atoms with E-state index in [1.54, 1.807) is 6.07 Å². The lowest BCUT2D eigenvalue weighted by Gasteiger charge is -2.33. The SMILES string of the molecule is CC1(C)C[C@@H]2CCCCc3cccc(n3)S(=O)(=O)NC(=O)c3ccc(Cl)nc3N1C2. The Bertz CT molecular complexity index is 1090. The number of aromatic nitrogens is 2. The quantitative estimate of drug-likeness (QED) is 0.619. The Morgan fingerprint density at radius 3 is 2.77 bits per heavy atom. The van der Waals surface area contributed by atoms with Gasteiger partial charge < -0.3 is 4.90 Å². The van der Waals surface area contributed by atoms with E-state index in [2.05, 4.69) is 33.4 Å². The third-order valence-electron chi connectivity index (χ3n) is 5.88. The Morgan fingerprint density at radius 2 is 1.97 bits per heavy atom. The van der Waals surface area contributed by atoms with Gasteiger partial charge in [0.1, 0.15) is 11.0 Å². The second kappa shape index (κ2) is 7.81. The second-order valence-electron chi connectivity index (χ2n) is 8.65. The van der Waals surface area contributed by atoms with Crippen LogP contribution in [0, 0.1) is 5.92 Å². The number of hydrogen-bond donors (Lipinski definition) is 1. The fourth-order valence-corrected chi connectivity index (χ4v) is 5.57. The molecule has 1 fully saturated rings. The predicted octanol–water partition coefficient (Wildman–Crippen LogP) is 3.58. The van der Waals surface area contributed by atoms with Gasteiger partial charge in [-0.1, -0.05) is 24.1 Å². The number of anilines is 1. The number of carbonyl (C=O) groups excluding carboxylic acids is 1. The van der Waals surface area contributed by atoms with Crippen LogP contribution in [-0.4, -0.2) is 36.4 Å². The molecule has 1 N–H and O–H groups in total. The molecule has 0 aliphatic carbocycles. The number of rotatable bonds is 0. The van der Waals surface area contributed by atoms with E-state index in [1.807, 2.05) is 6.07 Å². The van der Waals surface area contributed by atoms with Crippen LogP contribution in [0.25, 0.3) is 0 Å². The summed E-state index contributed by atoms with van der Waals surface area (Å²) in [5.74, 6) is 0.139. The van der Waals surface area contributed by atoms with Crippen molar-refractivity contribution in [3.63, 3.8) is 0 Å². The Morgan fingerprint density at radius 1 is 1.17 bits per heavy atom. The number of pyridine rings is 2. The fraction of sp³-hybridized carbons (Fsp3) is 0.476. The lowest BCUT2D eigenvalue weighted by atomic mass is 9.92. The predicted molar refractivity (Wildman–Crippen MR) is 115 cm³/mol. The lowest BCUT2D eigenvalue weighted by Crippen LogP contribution is -2.41. The summed E-state index contributed by atoms with van der Waals surface area (Å²) < 4.78 is 27.8. The summed E-state index contributed by atoms with van der Waals surface area (Å²) in [6.07, 6.45) is 4.68. The van der Waals surface area contributed by atoms with Gasteiger partial charge in [-0.15, -0.1) is 0 Å². The van der Waals surface area contributed by atoms with Crippen LogP contribution in [0.2, 0.25) is 5.15 Å². The van der Waals surface area contributed by atoms with Crippen LogP contribution in [0.15, 0.2) is 35.4 Å². The fourth-order valence-electron chi connectivity index (χ4n) is 4.48. The van der Waals surface area contributed by atoms with Crippen molar-refractivity contribution < 1.29 is 13.2 Å². The minimum absolute atomic E-state index is 0.158. The summed E-state index contributed by atoms with van der Waals surface area (Å²) >= 11 is 6.15. The molecule has 4 heterocycles. The highest BCUT2D eigenvalue weighted by atomic mass is 35.5. The zero-order valence-corrected chi connectivity index (χ0v) is 18.6. The molecular weight excluding hydrogens is 424 g/mol. The summed E-state index contributed by atoms with van der Waals surface area (Å²) in [5, 5.41) is 0.102. The lowest BCUT2D eigenvalue weighted by molar-refractivity contribution is 0.0981. The van der Waals surface area contributed by atoms with E-state index < -0.39 is 15.9 Å². The first-order valence-electron chi connectivity index (χ1n) is 10.1. The third-order valence-corrected chi connectivity index (χ3v) is 7.32. The number of carbonyl (C=O) groups is 1. The summed E-state index contributed by atoms with van der Waals surface area (Å²) in [4.78, 5) is 23.8. The van der Waals surface area contributed by atoms with E-state index in [-0.39, 0.29) is 21.3 Å². The van der Waals surface area contributed by atoms with Crippen LogP contribution < -0.4 is 9.62 Å². The van der Waals surface area contributed by atoms with Crippen molar-refractivity contribution in [1.82, 2.24) is 14.7 Å². The first-order valence-corrected chi connectivity index (χ1v) is 12.0. The second-order valence-corrected chi connectivity index (χ2v) is 10.7. The molecule has 2 aliphatic rings. The van der Waals surface area contributed by atoms with Crippen molar-refractivity contribution >= 4 is 33.3 Å². The molecule has 9 heteroatoms.